The topological polar surface area (TPSA) is 144 Å². The first-order valence-corrected chi connectivity index (χ1v) is 13.3. The van der Waals surface area contributed by atoms with Crippen LogP contribution in [0.2, 0.25) is 5.02 Å². The number of fused-ring (bicyclic) bond motifs is 1. The van der Waals surface area contributed by atoms with Crippen molar-refractivity contribution in [3.8, 4) is 11.3 Å². The molecule has 2 aromatic heterocycles. The van der Waals surface area contributed by atoms with E-state index in [0.717, 1.165) is 22.3 Å². The maximum Gasteiger partial charge on any atom is 0.253 e. The number of rotatable bonds is 5. The molecule has 0 saturated carbocycles. The number of ether oxygens (including phenoxy) is 2. The van der Waals surface area contributed by atoms with Crippen molar-refractivity contribution in [3.63, 3.8) is 0 Å². The Balaban J connectivity index is 1.33. The Morgan fingerprint density at radius 1 is 1.19 bits per heavy atom. The maximum absolute atomic E-state index is 13.8. The number of nitrogens with one attached hydrogen (secondary N) is 1. The molecule has 2 aromatic carbocycles. The van der Waals surface area contributed by atoms with Crippen LogP contribution in [0.3, 0.4) is 0 Å². The minimum absolute atomic E-state index is 0.0566. The molecule has 4 aromatic rings. The SMILES string of the molecule is Cn1cc(C(=O)N[C@@H]2CCO[C@]23O[C@H](CO)[C@H](O)[C@H](n2cc(-c4cc(F)c(F)c(F)c4)nn2)[C@H]3O)c2cc(Cl)ccc21. The van der Waals surface area contributed by atoms with E-state index in [4.69, 9.17) is 21.1 Å². The number of aliphatic hydroxyl groups is 3. The van der Waals surface area contributed by atoms with E-state index in [1.165, 1.54) is 6.20 Å². The monoisotopic (exact) mass is 607 g/mol. The molecular formula is C27H25ClF3N5O6. The summed E-state index contributed by atoms with van der Waals surface area (Å²) >= 11 is 6.17. The van der Waals surface area contributed by atoms with Gasteiger partial charge in [-0.2, -0.15) is 0 Å². The number of aromatic nitrogens is 4. The molecule has 4 heterocycles. The van der Waals surface area contributed by atoms with Gasteiger partial charge in [-0.05, 0) is 36.8 Å². The van der Waals surface area contributed by atoms with Crippen LogP contribution in [0.5, 0.6) is 0 Å². The van der Waals surface area contributed by atoms with E-state index in [2.05, 4.69) is 15.6 Å². The number of hydrogen-bond acceptors (Lipinski definition) is 8. The molecule has 0 radical (unpaired) electrons. The van der Waals surface area contributed by atoms with E-state index in [1.54, 1.807) is 36.0 Å². The molecule has 6 atom stereocenters. The summed E-state index contributed by atoms with van der Waals surface area (Å²) in [5.41, 5.74) is 0.860. The summed E-state index contributed by atoms with van der Waals surface area (Å²) in [7, 11) is 1.78. The van der Waals surface area contributed by atoms with Crippen LogP contribution >= 0.6 is 11.6 Å². The van der Waals surface area contributed by atoms with Crippen molar-refractivity contribution in [2.75, 3.05) is 13.2 Å². The zero-order valence-electron chi connectivity index (χ0n) is 21.9. The van der Waals surface area contributed by atoms with E-state index in [0.29, 0.717) is 16.0 Å². The number of nitrogens with zero attached hydrogens (tertiary/aromatic N) is 4. The Bertz CT molecular complexity index is 1660. The van der Waals surface area contributed by atoms with E-state index < -0.39 is 66.1 Å². The van der Waals surface area contributed by atoms with Crippen molar-refractivity contribution < 1.29 is 42.8 Å². The molecule has 2 saturated heterocycles. The molecule has 15 heteroatoms. The van der Waals surface area contributed by atoms with Gasteiger partial charge in [0.1, 0.15) is 30.0 Å². The third-order valence-electron chi connectivity index (χ3n) is 7.80. The zero-order chi connectivity index (χ0) is 29.9. The second kappa shape index (κ2) is 10.6. The van der Waals surface area contributed by atoms with Crippen molar-refractivity contribution in [2.45, 2.75) is 42.6 Å². The first kappa shape index (κ1) is 28.6. The molecule has 222 valence electrons. The van der Waals surface area contributed by atoms with Gasteiger partial charge in [-0.1, -0.05) is 16.8 Å². The molecule has 2 aliphatic rings. The van der Waals surface area contributed by atoms with Crippen LogP contribution in [0.1, 0.15) is 22.8 Å². The van der Waals surface area contributed by atoms with Gasteiger partial charge >= 0.3 is 0 Å². The van der Waals surface area contributed by atoms with E-state index >= 15 is 0 Å². The molecule has 1 amide bonds. The van der Waals surface area contributed by atoms with Gasteiger partial charge in [-0.3, -0.25) is 4.79 Å². The summed E-state index contributed by atoms with van der Waals surface area (Å²) in [5, 5.41) is 44.3. The predicted molar refractivity (Wildman–Crippen MR) is 141 cm³/mol. The van der Waals surface area contributed by atoms with Gasteiger partial charge in [-0.15, -0.1) is 5.10 Å². The number of aryl methyl sites for hydroxylation is 1. The van der Waals surface area contributed by atoms with Crippen LogP contribution < -0.4 is 5.32 Å². The molecule has 0 bridgehead atoms. The highest BCUT2D eigenvalue weighted by Gasteiger charge is 2.62. The molecule has 6 rings (SSSR count). The minimum atomic E-state index is -1.92. The summed E-state index contributed by atoms with van der Waals surface area (Å²) in [6.07, 6.45) is -1.47. The Hall–Kier alpha value is -3.53. The number of hydrogen-bond donors (Lipinski definition) is 4. The first-order chi connectivity index (χ1) is 20.0. The molecule has 2 aliphatic heterocycles. The van der Waals surface area contributed by atoms with Crippen molar-refractivity contribution in [3.05, 3.63) is 70.8 Å². The second-order valence-electron chi connectivity index (χ2n) is 10.3. The number of benzene rings is 2. The Morgan fingerprint density at radius 2 is 1.93 bits per heavy atom. The first-order valence-electron chi connectivity index (χ1n) is 12.9. The van der Waals surface area contributed by atoms with Gasteiger partial charge in [0, 0.05) is 34.7 Å². The predicted octanol–water partition coefficient (Wildman–Crippen LogP) is 2.08. The summed E-state index contributed by atoms with van der Waals surface area (Å²) in [4.78, 5) is 13.5. The van der Waals surface area contributed by atoms with Gasteiger partial charge in [-0.25, -0.2) is 17.9 Å². The number of amides is 1. The second-order valence-corrected chi connectivity index (χ2v) is 10.7. The maximum atomic E-state index is 13.8. The highest BCUT2D eigenvalue weighted by Crippen LogP contribution is 2.43. The smallest absolute Gasteiger partial charge is 0.253 e. The van der Waals surface area contributed by atoms with Crippen molar-refractivity contribution >= 4 is 28.4 Å². The van der Waals surface area contributed by atoms with Crippen molar-refractivity contribution in [1.29, 1.82) is 0 Å². The van der Waals surface area contributed by atoms with Gasteiger partial charge in [0.2, 0.25) is 5.79 Å². The summed E-state index contributed by atoms with van der Waals surface area (Å²) in [5.74, 6) is -6.93. The van der Waals surface area contributed by atoms with Gasteiger partial charge in [0.25, 0.3) is 5.91 Å². The summed E-state index contributed by atoms with van der Waals surface area (Å²) in [6, 6.07) is 4.32. The quantitative estimate of drug-likeness (QED) is 0.253. The minimum Gasteiger partial charge on any atom is -0.394 e. The van der Waals surface area contributed by atoms with Gasteiger partial charge < -0.3 is 34.7 Å². The van der Waals surface area contributed by atoms with Crippen LogP contribution in [-0.2, 0) is 16.5 Å². The number of aliphatic hydroxyl groups excluding tert-OH is 3. The molecule has 2 fully saturated rings. The highest BCUT2D eigenvalue weighted by atomic mass is 35.5. The number of halogens is 4. The van der Waals surface area contributed by atoms with Crippen molar-refractivity contribution in [2.24, 2.45) is 7.05 Å². The highest BCUT2D eigenvalue weighted by molar-refractivity contribution is 6.31. The fourth-order valence-corrected chi connectivity index (χ4v) is 5.90. The molecule has 0 aliphatic carbocycles. The van der Waals surface area contributed by atoms with Crippen LogP contribution in [0, 0.1) is 17.5 Å². The van der Waals surface area contributed by atoms with Crippen LogP contribution in [0.4, 0.5) is 13.2 Å². The molecular weight excluding hydrogens is 583 g/mol. The molecule has 42 heavy (non-hydrogen) atoms. The third kappa shape index (κ3) is 4.55. The molecule has 1 spiro atoms. The summed E-state index contributed by atoms with van der Waals surface area (Å²) in [6.45, 7) is -0.630. The van der Waals surface area contributed by atoms with Crippen LogP contribution in [0.25, 0.3) is 22.2 Å². The number of carbonyl (C=O) groups is 1. The van der Waals surface area contributed by atoms with Gasteiger partial charge in [0.15, 0.2) is 17.5 Å². The Labute approximate surface area is 241 Å². The van der Waals surface area contributed by atoms with Gasteiger partial charge in [0.05, 0.1) is 31.0 Å². The fourth-order valence-electron chi connectivity index (χ4n) is 5.72. The average Bonchev–Trinajstić information content (AvgIpc) is 3.68. The Kier molecular flexibility index (Phi) is 7.23. The van der Waals surface area contributed by atoms with Crippen LogP contribution in [0.15, 0.2) is 42.7 Å². The lowest BCUT2D eigenvalue weighted by atomic mass is 9.86. The lowest BCUT2D eigenvalue weighted by Crippen LogP contribution is -2.69. The standard InChI is InChI=1S/C27H25ClF3N5O6/c1-35-9-15(14-8-13(28)2-3-19(14)35)26(40)32-21-4-5-41-27(21)25(39)23(24(38)20(11-37)42-27)36-10-18(33-34-36)12-6-16(29)22(31)17(30)7-12/h2-3,6-10,20-21,23-25,37-39H,4-5,11H2,1H3,(H,32,40)/t20-,21-,23+,24+,25-,27+/m1/s1. The Morgan fingerprint density at radius 3 is 2.64 bits per heavy atom. The normalized spacial score (nSPS) is 27.7. The van der Waals surface area contributed by atoms with E-state index in [1.807, 2.05) is 0 Å². The number of carbonyl (C=O) groups excluding carboxylic acids is 1. The van der Waals surface area contributed by atoms with E-state index in [-0.39, 0.29) is 24.3 Å². The lowest BCUT2D eigenvalue weighted by molar-refractivity contribution is -0.344. The molecule has 4 N–H and O–H groups in total. The molecule has 11 nitrogen and oxygen atoms in total. The van der Waals surface area contributed by atoms with E-state index in [9.17, 15) is 33.3 Å². The zero-order valence-corrected chi connectivity index (χ0v) is 22.7. The average molecular weight is 608 g/mol. The lowest BCUT2D eigenvalue weighted by Gasteiger charge is -2.49. The fraction of sp³-hybridized carbons (Fsp3) is 0.370. The summed E-state index contributed by atoms with van der Waals surface area (Å²) < 4.78 is 55.8. The van der Waals surface area contributed by atoms with Crippen molar-refractivity contribution in [1.82, 2.24) is 24.9 Å². The molecule has 0 unspecified atom stereocenters. The van der Waals surface area contributed by atoms with Crippen LogP contribution in [-0.4, -0.2) is 84.1 Å². The largest absolute Gasteiger partial charge is 0.394 e. The third-order valence-corrected chi connectivity index (χ3v) is 8.03.